The number of esters is 2. The molecule has 11 nitrogen and oxygen atoms in total. The number of para-hydroxylation sites is 1. The van der Waals surface area contributed by atoms with Gasteiger partial charge in [-0.3, -0.25) is 14.2 Å². The number of nitrogens with zero attached hydrogens (tertiary/aromatic N) is 4. The lowest BCUT2D eigenvalue weighted by molar-refractivity contribution is -0.139. The first kappa shape index (κ1) is 33.9. The second-order valence-electron chi connectivity index (χ2n) is 11.1. The van der Waals surface area contributed by atoms with Gasteiger partial charge in [-0.1, -0.05) is 48.3 Å². The van der Waals surface area contributed by atoms with Gasteiger partial charge in [-0.2, -0.15) is 5.10 Å². The Morgan fingerprint density at radius 2 is 1.80 bits per heavy atom. The quantitative estimate of drug-likeness (QED) is 0.106. The standard InChI is InChI=1S/C38H34N4O7S/c1-6-19-48-29-16-13-25(14-17-29)34-27(22-41(40-34)28-11-9-8-10-12-28)21-32-36(44)42-35(26-15-18-30(49-24(4)43)31(20-26)46-5)33(37(45)47-7-2)23(3)39-38(42)50-32/h6,8-18,20-22,35H,1,7,19H2,2-5H3. The third-order valence-electron chi connectivity index (χ3n) is 7.82. The molecule has 1 unspecified atom stereocenters. The molecule has 12 heteroatoms. The summed E-state index contributed by atoms with van der Waals surface area (Å²) < 4.78 is 25.6. The van der Waals surface area contributed by atoms with Gasteiger partial charge in [0, 0.05) is 24.2 Å². The molecule has 254 valence electrons. The summed E-state index contributed by atoms with van der Waals surface area (Å²) in [5, 5.41) is 4.91. The van der Waals surface area contributed by atoms with Crippen molar-refractivity contribution in [2.45, 2.75) is 26.8 Å². The van der Waals surface area contributed by atoms with E-state index in [1.54, 1.807) is 48.9 Å². The highest BCUT2D eigenvalue weighted by Crippen LogP contribution is 2.36. The molecule has 0 spiro atoms. The van der Waals surface area contributed by atoms with Gasteiger partial charge in [0.15, 0.2) is 16.3 Å². The monoisotopic (exact) mass is 690 g/mol. The first-order chi connectivity index (χ1) is 24.2. The van der Waals surface area contributed by atoms with Crippen LogP contribution in [-0.2, 0) is 14.3 Å². The van der Waals surface area contributed by atoms with Crippen LogP contribution < -0.4 is 29.1 Å². The van der Waals surface area contributed by atoms with Gasteiger partial charge in [0.1, 0.15) is 18.1 Å². The zero-order valence-electron chi connectivity index (χ0n) is 27.9. The van der Waals surface area contributed by atoms with E-state index >= 15 is 0 Å². The smallest absolute Gasteiger partial charge is 0.338 e. The maximum absolute atomic E-state index is 14.4. The van der Waals surface area contributed by atoms with Crippen LogP contribution in [0.4, 0.5) is 0 Å². The van der Waals surface area contributed by atoms with Crippen LogP contribution in [0, 0.1) is 0 Å². The first-order valence-electron chi connectivity index (χ1n) is 15.8. The number of aromatic nitrogens is 3. The number of hydrogen-bond acceptors (Lipinski definition) is 10. The zero-order chi connectivity index (χ0) is 35.4. The molecule has 0 aliphatic carbocycles. The summed E-state index contributed by atoms with van der Waals surface area (Å²) in [4.78, 5) is 44.7. The Balaban J connectivity index is 1.53. The number of fused-ring (bicyclic) bond motifs is 1. The zero-order valence-corrected chi connectivity index (χ0v) is 28.7. The molecular formula is C38H34N4O7S. The van der Waals surface area contributed by atoms with Crippen LogP contribution in [-0.4, -0.2) is 46.6 Å². The Morgan fingerprint density at radius 3 is 2.48 bits per heavy atom. The molecule has 0 fully saturated rings. The normalized spacial score (nSPS) is 14.1. The molecular weight excluding hydrogens is 657 g/mol. The van der Waals surface area contributed by atoms with Crippen LogP contribution in [0.1, 0.15) is 37.9 Å². The van der Waals surface area contributed by atoms with Gasteiger partial charge in [0.25, 0.3) is 5.56 Å². The topological polar surface area (TPSA) is 123 Å². The number of methoxy groups -OCH3 is 1. The van der Waals surface area contributed by atoms with E-state index in [9.17, 15) is 14.4 Å². The molecule has 1 atom stereocenters. The minimum Gasteiger partial charge on any atom is -0.493 e. The Kier molecular flexibility index (Phi) is 9.91. The van der Waals surface area contributed by atoms with Crippen molar-refractivity contribution < 1.29 is 28.5 Å². The number of ether oxygens (including phenoxy) is 4. The van der Waals surface area contributed by atoms with Crippen molar-refractivity contribution in [2.24, 2.45) is 4.99 Å². The number of allylic oxidation sites excluding steroid dienone is 1. The Bertz CT molecular complexity index is 2300. The second kappa shape index (κ2) is 14.6. The van der Waals surface area contributed by atoms with E-state index in [0.717, 1.165) is 11.3 Å². The van der Waals surface area contributed by atoms with Crippen LogP contribution in [0.2, 0.25) is 0 Å². The van der Waals surface area contributed by atoms with Gasteiger partial charge in [-0.05, 0) is 74.0 Å². The minimum atomic E-state index is -0.901. The molecule has 0 amide bonds. The Hall–Kier alpha value is -6.01. The highest BCUT2D eigenvalue weighted by Gasteiger charge is 2.34. The molecule has 50 heavy (non-hydrogen) atoms. The van der Waals surface area contributed by atoms with Crippen LogP contribution in [0.15, 0.2) is 113 Å². The number of benzene rings is 3. The fraction of sp³-hybridized carbons (Fsp3) is 0.184. The van der Waals surface area contributed by atoms with Crippen LogP contribution >= 0.6 is 11.3 Å². The fourth-order valence-corrected chi connectivity index (χ4v) is 6.67. The van der Waals surface area contributed by atoms with Gasteiger partial charge in [0.2, 0.25) is 0 Å². The molecule has 5 aromatic rings. The predicted octanol–water partition coefficient (Wildman–Crippen LogP) is 5.15. The SMILES string of the molecule is C=CCOc1ccc(-c2nn(-c3ccccc3)cc2C=c2sc3n(c2=O)C(c2ccc(OC(C)=O)c(OC)c2)C(C(=O)OCC)=C(C)N=3)cc1. The minimum absolute atomic E-state index is 0.136. The number of hydrogen-bond donors (Lipinski definition) is 0. The van der Waals surface area contributed by atoms with Crippen molar-refractivity contribution in [3.63, 3.8) is 0 Å². The van der Waals surface area contributed by atoms with Crippen LogP contribution in [0.25, 0.3) is 23.0 Å². The lowest BCUT2D eigenvalue weighted by atomic mass is 9.95. The molecule has 0 N–H and O–H groups in total. The average Bonchev–Trinajstić information content (AvgIpc) is 3.67. The number of rotatable bonds is 11. The molecule has 0 bridgehead atoms. The second-order valence-corrected chi connectivity index (χ2v) is 12.2. The van der Waals surface area contributed by atoms with E-state index in [-0.39, 0.29) is 29.2 Å². The molecule has 3 heterocycles. The molecule has 0 saturated carbocycles. The lowest BCUT2D eigenvalue weighted by Gasteiger charge is -2.25. The molecule has 6 rings (SSSR count). The van der Waals surface area contributed by atoms with E-state index in [0.29, 0.717) is 44.2 Å². The van der Waals surface area contributed by atoms with E-state index in [1.807, 2.05) is 60.8 Å². The van der Waals surface area contributed by atoms with Crippen molar-refractivity contribution in [1.29, 1.82) is 0 Å². The van der Waals surface area contributed by atoms with Gasteiger partial charge in [-0.25, -0.2) is 14.5 Å². The number of thiazole rings is 1. The summed E-state index contributed by atoms with van der Waals surface area (Å²) in [7, 11) is 1.44. The van der Waals surface area contributed by atoms with E-state index < -0.39 is 18.0 Å². The Labute approximate surface area is 291 Å². The van der Waals surface area contributed by atoms with E-state index in [4.69, 9.17) is 29.0 Å². The number of carbonyl (C=O) groups excluding carboxylic acids is 2. The van der Waals surface area contributed by atoms with Gasteiger partial charge < -0.3 is 18.9 Å². The molecule has 1 aliphatic heterocycles. The molecule has 0 saturated heterocycles. The maximum atomic E-state index is 14.4. The first-order valence-corrected chi connectivity index (χ1v) is 16.6. The van der Waals surface area contributed by atoms with Crippen LogP contribution in [0.3, 0.4) is 0 Å². The summed E-state index contributed by atoms with van der Waals surface area (Å²) in [5.41, 5.74) is 3.83. The summed E-state index contributed by atoms with van der Waals surface area (Å²) >= 11 is 1.20. The van der Waals surface area contributed by atoms with Crippen molar-refractivity contribution >= 4 is 29.4 Å². The maximum Gasteiger partial charge on any atom is 0.338 e. The third kappa shape index (κ3) is 6.78. The summed E-state index contributed by atoms with van der Waals surface area (Å²) in [6.45, 7) is 8.94. The molecule has 1 aliphatic rings. The van der Waals surface area contributed by atoms with Crippen molar-refractivity contribution in [1.82, 2.24) is 14.3 Å². The fourth-order valence-electron chi connectivity index (χ4n) is 5.64. The third-order valence-corrected chi connectivity index (χ3v) is 8.80. The van der Waals surface area contributed by atoms with Crippen LogP contribution in [0.5, 0.6) is 17.2 Å². The van der Waals surface area contributed by atoms with Crippen molar-refractivity contribution in [3.05, 3.63) is 134 Å². The number of carbonyl (C=O) groups is 2. The van der Waals surface area contributed by atoms with E-state index in [2.05, 4.69) is 6.58 Å². The van der Waals surface area contributed by atoms with Gasteiger partial charge >= 0.3 is 11.9 Å². The summed E-state index contributed by atoms with van der Waals surface area (Å²) in [6, 6.07) is 21.2. The lowest BCUT2D eigenvalue weighted by Crippen LogP contribution is -2.40. The summed E-state index contributed by atoms with van der Waals surface area (Å²) in [5.74, 6) is 0.0487. The highest BCUT2D eigenvalue weighted by molar-refractivity contribution is 7.07. The predicted molar refractivity (Wildman–Crippen MR) is 189 cm³/mol. The van der Waals surface area contributed by atoms with Crippen molar-refractivity contribution in [3.8, 4) is 34.2 Å². The largest absolute Gasteiger partial charge is 0.493 e. The molecule has 0 radical (unpaired) electrons. The molecule has 2 aromatic heterocycles. The van der Waals surface area contributed by atoms with Gasteiger partial charge in [0.05, 0.1) is 41.2 Å². The van der Waals surface area contributed by atoms with Crippen molar-refractivity contribution in [2.75, 3.05) is 20.3 Å². The summed E-state index contributed by atoms with van der Waals surface area (Å²) in [6.07, 6.45) is 5.34. The highest BCUT2D eigenvalue weighted by atomic mass is 32.1. The average molecular weight is 691 g/mol. The van der Waals surface area contributed by atoms with Gasteiger partial charge in [-0.15, -0.1) is 0 Å². The molecule has 3 aromatic carbocycles. The Morgan fingerprint density at radius 1 is 1.04 bits per heavy atom. The van der Waals surface area contributed by atoms with E-state index in [1.165, 1.54) is 29.9 Å².